The fourth-order valence-corrected chi connectivity index (χ4v) is 2.33. The molecular weight excluding hydrogens is 318 g/mol. The highest BCUT2D eigenvalue weighted by Gasteiger charge is 2.14. The Morgan fingerprint density at radius 2 is 2.04 bits per heavy atom. The highest BCUT2D eigenvalue weighted by atomic mass is 16.5. The second-order valence-electron chi connectivity index (χ2n) is 5.28. The summed E-state index contributed by atoms with van der Waals surface area (Å²) >= 11 is 0. The Kier molecular flexibility index (Phi) is 5.36. The van der Waals surface area contributed by atoms with Crippen LogP contribution in [0.4, 0.5) is 5.82 Å². The van der Waals surface area contributed by atoms with Crippen LogP contribution in [0.5, 0.6) is 5.88 Å². The first-order chi connectivity index (χ1) is 12.3. The molecule has 25 heavy (non-hydrogen) atoms. The fraction of sp³-hybridized carbons (Fsp3) is 0.222. The Morgan fingerprint density at radius 1 is 1.16 bits per heavy atom. The first-order valence-electron chi connectivity index (χ1n) is 8.09. The normalized spacial score (nSPS) is 10.4. The average molecular weight is 337 g/mol. The van der Waals surface area contributed by atoms with E-state index in [1.807, 2.05) is 31.3 Å². The molecule has 0 aromatic carbocycles. The SMILES string of the molecule is CCOc1ncccc1C(=O)Nc1ccn(CCc2ccccn2)n1. The summed E-state index contributed by atoms with van der Waals surface area (Å²) in [5.74, 6) is 0.501. The third-order valence-corrected chi connectivity index (χ3v) is 3.50. The number of amides is 1. The van der Waals surface area contributed by atoms with Gasteiger partial charge in [-0.05, 0) is 31.2 Å². The maximum atomic E-state index is 12.4. The number of carbonyl (C=O) groups excluding carboxylic acids is 1. The quantitative estimate of drug-likeness (QED) is 0.716. The molecule has 0 radical (unpaired) electrons. The Labute approximate surface area is 145 Å². The third-order valence-electron chi connectivity index (χ3n) is 3.50. The lowest BCUT2D eigenvalue weighted by Gasteiger charge is -2.08. The topological polar surface area (TPSA) is 81.9 Å². The Morgan fingerprint density at radius 3 is 2.84 bits per heavy atom. The van der Waals surface area contributed by atoms with Gasteiger partial charge in [-0.15, -0.1) is 0 Å². The summed E-state index contributed by atoms with van der Waals surface area (Å²) in [6.07, 6.45) is 5.96. The molecule has 7 nitrogen and oxygen atoms in total. The second kappa shape index (κ2) is 8.05. The molecule has 1 amide bonds. The number of anilines is 1. The number of pyridine rings is 2. The minimum absolute atomic E-state index is 0.300. The summed E-state index contributed by atoms with van der Waals surface area (Å²) in [6, 6.07) is 11.0. The van der Waals surface area contributed by atoms with Crippen LogP contribution < -0.4 is 10.1 Å². The van der Waals surface area contributed by atoms with Crippen LogP contribution in [-0.2, 0) is 13.0 Å². The summed E-state index contributed by atoms with van der Waals surface area (Å²) in [7, 11) is 0. The van der Waals surface area contributed by atoms with Crippen molar-refractivity contribution < 1.29 is 9.53 Å². The van der Waals surface area contributed by atoms with Gasteiger partial charge in [-0.3, -0.25) is 14.5 Å². The van der Waals surface area contributed by atoms with Crippen LogP contribution in [-0.4, -0.2) is 32.3 Å². The molecule has 0 atom stereocenters. The Balaban J connectivity index is 1.62. The van der Waals surface area contributed by atoms with Gasteiger partial charge >= 0.3 is 0 Å². The second-order valence-corrected chi connectivity index (χ2v) is 5.28. The number of aromatic nitrogens is 4. The monoisotopic (exact) mass is 337 g/mol. The minimum atomic E-state index is -0.300. The minimum Gasteiger partial charge on any atom is -0.477 e. The molecule has 0 bridgehead atoms. The van der Waals surface area contributed by atoms with Crippen molar-refractivity contribution in [2.45, 2.75) is 19.9 Å². The van der Waals surface area contributed by atoms with Crippen molar-refractivity contribution >= 4 is 11.7 Å². The lowest BCUT2D eigenvalue weighted by molar-refractivity contribution is 0.102. The molecule has 0 aliphatic rings. The number of hydrogen-bond donors (Lipinski definition) is 1. The number of ether oxygens (including phenoxy) is 1. The van der Waals surface area contributed by atoms with Crippen LogP contribution in [0.2, 0.25) is 0 Å². The molecule has 0 unspecified atom stereocenters. The molecule has 7 heteroatoms. The summed E-state index contributed by atoms with van der Waals surface area (Å²) in [4.78, 5) is 20.8. The molecule has 3 aromatic rings. The number of carbonyl (C=O) groups is 1. The maximum Gasteiger partial charge on any atom is 0.262 e. The summed E-state index contributed by atoms with van der Waals surface area (Å²) < 4.78 is 7.16. The van der Waals surface area contributed by atoms with E-state index in [0.29, 0.717) is 30.4 Å². The van der Waals surface area contributed by atoms with Crippen molar-refractivity contribution in [3.8, 4) is 5.88 Å². The van der Waals surface area contributed by atoms with E-state index in [2.05, 4.69) is 20.4 Å². The average Bonchev–Trinajstić information content (AvgIpc) is 3.09. The third kappa shape index (κ3) is 4.41. The zero-order valence-electron chi connectivity index (χ0n) is 13.9. The van der Waals surface area contributed by atoms with Crippen LogP contribution in [0.1, 0.15) is 23.0 Å². The predicted octanol–water partition coefficient (Wildman–Crippen LogP) is 2.57. The van der Waals surface area contributed by atoms with Crippen LogP contribution in [0.25, 0.3) is 0 Å². The van der Waals surface area contributed by atoms with E-state index in [1.54, 1.807) is 35.3 Å². The summed E-state index contributed by atoms with van der Waals surface area (Å²) in [5, 5.41) is 7.13. The van der Waals surface area contributed by atoms with Gasteiger partial charge in [0.15, 0.2) is 5.82 Å². The smallest absolute Gasteiger partial charge is 0.262 e. The molecule has 0 aliphatic carbocycles. The number of rotatable bonds is 7. The van der Waals surface area contributed by atoms with Gasteiger partial charge in [-0.25, -0.2) is 4.98 Å². The van der Waals surface area contributed by atoms with Crippen LogP contribution in [0, 0.1) is 0 Å². The van der Waals surface area contributed by atoms with E-state index < -0.39 is 0 Å². The van der Waals surface area contributed by atoms with Crippen LogP contribution >= 0.6 is 0 Å². The Bertz CT molecular complexity index is 832. The van der Waals surface area contributed by atoms with Gasteiger partial charge in [0.1, 0.15) is 5.56 Å². The van der Waals surface area contributed by atoms with E-state index in [9.17, 15) is 4.79 Å². The van der Waals surface area contributed by atoms with Gasteiger partial charge in [0, 0.05) is 43.3 Å². The molecule has 3 heterocycles. The lowest BCUT2D eigenvalue weighted by Crippen LogP contribution is -2.15. The van der Waals surface area contributed by atoms with Crippen LogP contribution in [0.15, 0.2) is 55.0 Å². The molecule has 3 aromatic heterocycles. The standard InChI is InChI=1S/C18H19N5O2/c1-2-25-18-15(7-5-11-20-18)17(24)21-16-9-13-23(22-16)12-8-14-6-3-4-10-19-14/h3-7,9-11,13H,2,8,12H2,1H3,(H,21,22,24). The van der Waals surface area contributed by atoms with Crippen molar-refractivity contribution in [2.75, 3.05) is 11.9 Å². The fourth-order valence-electron chi connectivity index (χ4n) is 2.33. The highest BCUT2D eigenvalue weighted by Crippen LogP contribution is 2.16. The molecule has 0 saturated carbocycles. The van der Waals surface area contributed by atoms with Crippen molar-refractivity contribution in [1.29, 1.82) is 0 Å². The van der Waals surface area contributed by atoms with Gasteiger partial charge in [0.2, 0.25) is 5.88 Å². The molecule has 0 aliphatic heterocycles. The van der Waals surface area contributed by atoms with E-state index in [1.165, 1.54) is 0 Å². The molecule has 0 spiro atoms. The van der Waals surface area contributed by atoms with Gasteiger partial charge in [-0.2, -0.15) is 5.10 Å². The first-order valence-corrected chi connectivity index (χ1v) is 8.09. The number of nitrogens with zero attached hydrogens (tertiary/aromatic N) is 4. The first kappa shape index (κ1) is 16.6. The van der Waals surface area contributed by atoms with E-state index in [0.717, 1.165) is 12.1 Å². The Hall–Kier alpha value is -3.22. The van der Waals surface area contributed by atoms with Crippen molar-refractivity contribution in [1.82, 2.24) is 19.7 Å². The number of aryl methyl sites for hydroxylation is 2. The highest BCUT2D eigenvalue weighted by molar-refractivity contribution is 6.05. The van der Waals surface area contributed by atoms with E-state index >= 15 is 0 Å². The zero-order chi connectivity index (χ0) is 17.5. The lowest BCUT2D eigenvalue weighted by atomic mass is 10.2. The molecule has 128 valence electrons. The van der Waals surface area contributed by atoms with Gasteiger partial charge < -0.3 is 10.1 Å². The largest absolute Gasteiger partial charge is 0.477 e. The van der Waals surface area contributed by atoms with Crippen molar-refractivity contribution in [3.63, 3.8) is 0 Å². The zero-order valence-corrected chi connectivity index (χ0v) is 13.9. The van der Waals surface area contributed by atoms with Crippen molar-refractivity contribution in [3.05, 3.63) is 66.2 Å². The molecule has 3 rings (SSSR count). The molecular formula is C18H19N5O2. The molecule has 0 saturated heterocycles. The van der Waals surface area contributed by atoms with Crippen LogP contribution in [0.3, 0.4) is 0 Å². The van der Waals surface area contributed by atoms with E-state index in [4.69, 9.17) is 4.74 Å². The summed E-state index contributed by atoms with van der Waals surface area (Å²) in [5.41, 5.74) is 1.38. The predicted molar refractivity (Wildman–Crippen MR) is 93.5 cm³/mol. The van der Waals surface area contributed by atoms with Gasteiger partial charge in [-0.1, -0.05) is 6.07 Å². The van der Waals surface area contributed by atoms with E-state index in [-0.39, 0.29) is 5.91 Å². The summed E-state index contributed by atoms with van der Waals surface area (Å²) in [6.45, 7) is 2.98. The molecule has 0 fully saturated rings. The van der Waals surface area contributed by atoms with Crippen molar-refractivity contribution in [2.24, 2.45) is 0 Å². The molecule has 1 N–H and O–H groups in total. The van der Waals surface area contributed by atoms with Gasteiger partial charge in [0.25, 0.3) is 5.91 Å². The maximum absolute atomic E-state index is 12.4. The van der Waals surface area contributed by atoms with Gasteiger partial charge in [0.05, 0.1) is 6.61 Å². The number of hydrogen-bond acceptors (Lipinski definition) is 5. The number of nitrogens with one attached hydrogen (secondary N) is 1.